The maximum atomic E-state index is 12.3. The summed E-state index contributed by atoms with van der Waals surface area (Å²) in [7, 11) is -0.979. The van der Waals surface area contributed by atoms with Crippen LogP contribution in [0, 0.1) is 6.92 Å². The Hall–Kier alpha value is -1.53. The van der Waals surface area contributed by atoms with Crippen LogP contribution in [0.4, 0.5) is 0 Å². The highest BCUT2D eigenvalue weighted by Gasteiger charge is 2.19. The zero-order valence-corrected chi connectivity index (χ0v) is 14.8. The topological polar surface area (TPSA) is 50.3 Å². The minimum absolute atomic E-state index is 0.105. The molecule has 1 aliphatic heterocycles. The number of nitrogens with zero attached hydrogens (tertiary/aromatic N) is 2. The molecule has 1 aromatic carbocycles. The Morgan fingerprint density at radius 2 is 1.91 bits per heavy atom. The number of aromatic nitrogens is 1. The molecule has 6 heteroatoms. The Morgan fingerprint density at radius 1 is 1.22 bits per heavy atom. The number of benzene rings is 1. The van der Waals surface area contributed by atoms with Crippen LogP contribution in [-0.2, 0) is 22.3 Å². The minimum atomic E-state index is -0.979. The van der Waals surface area contributed by atoms with E-state index in [1.807, 2.05) is 41.5 Å². The molecule has 0 spiro atoms. The summed E-state index contributed by atoms with van der Waals surface area (Å²) in [6.45, 7) is 3.67. The van der Waals surface area contributed by atoms with Crippen LogP contribution in [0.25, 0.3) is 0 Å². The van der Waals surface area contributed by atoms with E-state index < -0.39 is 10.8 Å². The zero-order chi connectivity index (χ0) is 16.2. The van der Waals surface area contributed by atoms with Crippen molar-refractivity contribution in [1.82, 2.24) is 9.88 Å². The van der Waals surface area contributed by atoms with Gasteiger partial charge in [-0.1, -0.05) is 12.1 Å². The molecule has 3 rings (SSSR count). The molecule has 0 saturated carbocycles. The summed E-state index contributed by atoms with van der Waals surface area (Å²) in [5, 5.41) is 2.96. The van der Waals surface area contributed by atoms with Gasteiger partial charge in [0.25, 0.3) is 5.91 Å². The Kier molecular flexibility index (Phi) is 5.23. The smallest absolute Gasteiger partial charge is 0.253 e. The van der Waals surface area contributed by atoms with Gasteiger partial charge >= 0.3 is 0 Å². The van der Waals surface area contributed by atoms with Gasteiger partial charge in [0.15, 0.2) is 0 Å². The largest absolute Gasteiger partial charge is 0.339 e. The van der Waals surface area contributed by atoms with E-state index in [0.717, 1.165) is 47.8 Å². The van der Waals surface area contributed by atoms with Gasteiger partial charge in [0.1, 0.15) is 0 Å². The SMILES string of the molecule is Cc1nc(C[S@](=O)Cc2ccc(C(=O)N3CCCC3)cc2)cs1. The average molecular weight is 348 g/mol. The van der Waals surface area contributed by atoms with Gasteiger partial charge in [-0.25, -0.2) is 4.98 Å². The van der Waals surface area contributed by atoms with Crippen molar-refractivity contribution in [1.29, 1.82) is 0 Å². The van der Waals surface area contributed by atoms with E-state index in [1.165, 1.54) is 0 Å². The number of likely N-dealkylation sites (tertiary alicyclic amines) is 1. The molecule has 1 atom stereocenters. The van der Waals surface area contributed by atoms with Crippen molar-refractivity contribution in [3.8, 4) is 0 Å². The fourth-order valence-electron chi connectivity index (χ4n) is 2.72. The van der Waals surface area contributed by atoms with Gasteiger partial charge in [-0.3, -0.25) is 9.00 Å². The summed E-state index contributed by atoms with van der Waals surface area (Å²) in [5.41, 5.74) is 2.61. The fraction of sp³-hybridized carbons (Fsp3) is 0.412. The molecule has 0 aliphatic carbocycles. The van der Waals surface area contributed by atoms with Crippen molar-refractivity contribution in [2.45, 2.75) is 31.3 Å². The summed E-state index contributed by atoms with van der Waals surface area (Å²) in [5.74, 6) is 1.08. The van der Waals surface area contributed by atoms with E-state index in [9.17, 15) is 9.00 Å². The molecule has 1 aliphatic rings. The van der Waals surface area contributed by atoms with E-state index in [4.69, 9.17) is 0 Å². The van der Waals surface area contributed by atoms with Crippen LogP contribution < -0.4 is 0 Å². The third kappa shape index (κ3) is 4.26. The lowest BCUT2D eigenvalue weighted by molar-refractivity contribution is 0.0793. The molecule has 1 fully saturated rings. The van der Waals surface area contributed by atoms with Crippen molar-refractivity contribution < 1.29 is 9.00 Å². The number of carbonyl (C=O) groups excluding carboxylic acids is 1. The van der Waals surface area contributed by atoms with Crippen molar-refractivity contribution >= 4 is 28.0 Å². The lowest BCUT2D eigenvalue weighted by atomic mass is 10.1. The second-order valence-corrected chi connectivity index (χ2v) is 8.30. The van der Waals surface area contributed by atoms with Crippen LogP contribution >= 0.6 is 11.3 Å². The average Bonchev–Trinajstić information content (AvgIpc) is 3.19. The molecule has 0 radical (unpaired) electrons. The van der Waals surface area contributed by atoms with Crippen molar-refractivity contribution in [2.24, 2.45) is 0 Å². The Balaban J connectivity index is 1.58. The van der Waals surface area contributed by atoms with Crippen LogP contribution in [0.1, 0.15) is 39.5 Å². The van der Waals surface area contributed by atoms with Crippen molar-refractivity contribution in [3.63, 3.8) is 0 Å². The second kappa shape index (κ2) is 7.36. The molecule has 4 nitrogen and oxygen atoms in total. The van der Waals surface area contributed by atoms with Gasteiger partial charge < -0.3 is 4.90 Å². The standard InChI is InChI=1S/C17H20N2O2S2/c1-13-18-16(10-22-13)12-23(21)11-14-4-6-15(7-5-14)17(20)19-8-2-3-9-19/h4-7,10H,2-3,8-9,11-12H2,1H3/t23-/m1/s1. The summed E-state index contributed by atoms with van der Waals surface area (Å²) in [6.07, 6.45) is 2.19. The third-order valence-corrected chi connectivity index (χ3v) is 5.99. The maximum absolute atomic E-state index is 12.3. The first-order chi connectivity index (χ1) is 11.1. The molecule has 0 bridgehead atoms. The number of carbonyl (C=O) groups is 1. The third-order valence-electron chi connectivity index (χ3n) is 3.90. The summed E-state index contributed by atoms with van der Waals surface area (Å²) in [4.78, 5) is 18.5. The summed E-state index contributed by atoms with van der Waals surface area (Å²) in [6, 6.07) is 7.52. The highest BCUT2D eigenvalue weighted by atomic mass is 32.2. The van der Waals surface area contributed by atoms with Crippen LogP contribution in [0.15, 0.2) is 29.6 Å². The first-order valence-electron chi connectivity index (χ1n) is 7.76. The number of hydrogen-bond acceptors (Lipinski definition) is 4. The van der Waals surface area contributed by atoms with Gasteiger partial charge in [0, 0.05) is 40.6 Å². The molecule has 0 unspecified atom stereocenters. The van der Waals surface area contributed by atoms with E-state index in [-0.39, 0.29) is 5.91 Å². The van der Waals surface area contributed by atoms with Gasteiger partial charge in [0.2, 0.25) is 0 Å². The van der Waals surface area contributed by atoms with E-state index in [1.54, 1.807) is 11.3 Å². The summed E-state index contributed by atoms with van der Waals surface area (Å²) >= 11 is 1.58. The van der Waals surface area contributed by atoms with Crippen molar-refractivity contribution in [3.05, 3.63) is 51.5 Å². The predicted molar refractivity (Wildman–Crippen MR) is 94.0 cm³/mol. The number of rotatable bonds is 5. The van der Waals surface area contributed by atoms with Crippen molar-refractivity contribution in [2.75, 3.05) is 13.1 Å². The maximum Gasteiger partial charge on any atom is 0.253 e. The van der Waals surface area contributed by atoms with Gasteiger partial charge in [-0.2, -0.15) is 0 Å². The molecule has 122 valence electrons. The molecular weight excluding hydrogens is 328 g/mol. The molecule has 1 aromatic heterocycles. The second-order valence-electron chi connectivity index (χ2n) is 5.78. The quantitative estimate of drug-likeness (QED) is 0.834. The lowest BCUT2D eigenvalue weighted by Crippen LogP contribution is -2.27. The van der Waals surface area contributed by atoms with Crippen LogP contribution in [0.2, 0.25) is 0 Å². The minimum Gasteiger partial charge on any atom is -0.339 e. The van der Waals surface area contributed by atoms with Gasteiger partial charge in [-0.15, -0.1) is 11.3 Å². The van der Waals surface area contributed by atoms with Gasteiger partial charge in [0.05, 0.1) is 16.5 Å². The van der Waals surface area contributed by atoms with E-state index in [2.05, 4.69) is 4.98 Å². The number of aryl methyl sites for hydroxylation is 1. The highest BCUT2D eigenvalue weighted by Crippen LogP contribution is 2.16. The monoisotopic (exact) mass is 348 g/mol. The molecule has 2 aromatic rings. The molecule has 1 amide bonds. The molecular formula is C17H20N2O2S2. The number of hydrogen-bond donors (Lipinski definition) is 0. The van der Waals surface area contributed by atoms with Crippen LogP contribution in [0.5, 0.6) is 0 Å². The van der Waals surface area contributed by atoms with Gasteiger partial charge in [-0.05, 0) is 37.5 Å². The lowest BCUT2D eigenvalue weighted by Gasteiger charge is -2.15. The molecule has 0 N–H and O–H groups in total. The molecule has 23 heavy (non-hydrogen) atoms. The fourth-order valence-corrected chi connectivity index (χ4v) is 4.58. The van der Waals surface area contributed by atoms with E-state index >= 15 is 0 Å². The van der Waals surface area contributed by atoms with Crippen LogP contribution in [-0.4, -0.2) is 33.1 Å². The zero-order valence-electron chi connectivity index (χ0n) is 13.2. The molecule has 1 saturated heterocycles. The Labute approximate surface area is 143 Å². The van der Waals surface area contributed by atoms with E-state index in [0.29, 0.717) is 11.5 Å². The first-order valence-corrected chi connectivity index (χ1v) is 10.1. The summed E-state index contributed by atoms with van der Waals surface area (Å²) < 4.78 is 12.2. The Morgan fingerprint density at radius 3 is 2.52 bits per heavy atom. The Bertz CT molecular complexity index is 704. The number of thiazole rings is 1. The molecule has 2 heterocycles. The number of amides is 1. The highest BCUT2D eigenvalue weighted by molar-refractivity contribution is 7.83. The first kappa shape index (κ1) is 16.3. The van der Waals surface area contributed by atoms with Crippen LogP contribution in [0.3, 0.4) is 0 Å². The normalized spacial score (nSPS) is 15.8. The predicted octanol–water partition coefficient (Wildman–Crippen LogP) is 3.14.